The van der Waals surface area contributed by atoms with Crippen LogP contribution < -0.4 is 15.8 Å². The van der Waals surface area contributed by atoms with Crippen LogP contribution in [0.25, 0.3) is 0 Å². The minimum atomic E-state index is 0.167. The van der Waals surface area contributed by atoms with Crippen molar-refractivity contribution in [3.8, 4) is 5.75 Å². The van der Waals surface area contributed by atoms with Crippen molar-refractivity contribution in [2.75, 3.05) is 25.2 Å². The van der Waals surface area contributed by atoms with Crippen LogP contribution in [0.1, 0.15) is 10.7 Å². The lowest BCUT2D eigenvalue weighted by Gasteiger charge is -2.15. The van der Waals surface area contributed by atoms with E-state index in [2.05, 4.69) is 25.2 Å². The highest BCUT2D eigenvalue weighted by Gasteiger charge is 2.11. The number of benzene rings is 1. The summed E-state index contributed by atoms with van der Waals surface area (Å²) in [7, 11) is 3.60. The molecule has 0 saturated heterocycles. The van der Waals surface area contributed by atoms with Crippen LogP contribution in [-0.4, -0.2) is 34.0 Å². The van der Waals surface area contributed by atoms with Crippen LogP contribution >= 0.6 is 22.9 Å². The number of para-hydroxylation sites is 2. The number of thiophene rings is 1. The van der Waals surface area contributed by atoms with Gasteiger partial charge in [0, 0.05) is 11.4 Å². The maximum absolute atomic E-state index is 5.98. The first-order valence-corrected chi connectivity index (χ1v) is 9.06. The molecule has 0 radical (unpaired) electrons. The van der Waals surface area contributed by atoms with E-state index in [1.54, 1.807) is 18.4 Å². The third kappa shape index (κ3) is 4.81. The van der Waals surface area contributed by atoms with Crippen molar-refractivity contribution in [2.45, 2.75) is 13.1 Å². The number of nitrogen functional groups attached to an aromatic ring is 1. The van der Waals surface area contributed by atoms with E-state index >= 15 is 0 Å². The summed E-state index contributed by atoms with van der Waals surface area (Å²) in [4.78, 5) is 16.1. The van der Waals surface area contributed by atoms with Crippen molar-refractivity contribution in [1.82, 2.24) is 19.9 Å². The average Bonchev–Trinajstić information content (AvgIpc) is 2.99. The molecule has 26 heavy (non-hydrogen) atoms. The SMILES string of the molecule is COc1ccccc1Nc1nc(N)nc(CN(C)Cc2ccc(Cl)s2)n1. The fourth-order valence-corrected chi connectivity index (χ4v) is 3.60. The van der Waals surface area contributed by atoms with Crippen molar-refractivity contribution >= 4 is 40.5 Å². The van der Waals surface area contributed by atoms with Crippen molar-refractivity contribution in [3.63, 3.8) is 0 Å². The molecule has 136 valence electrons. The van der Waals surface area contributed by atoms with Crippen LogP contribution in [0.15, 0.2) is 36.4 Å². The van der Waals surface area contributed by atoms with Gasteiger partial charge in [-0.2, -0.15) is 15.0 Å². The molecule has 0 aliphatic carbocycles. The van der Waals surface area contributed by atoms with Gasteiger partial charge in [-0.25, -0.2) is 0 Å². The predicted octanol–water partition coefficient (Wildman–Crippen LogP) is 3.55. The van der Waals surface area contributed by atoms with Gasteiger partial charge in [-0.15, -0.1) is 11.3 Å². The number of halogens is 1. The fourth-order valence-electron chi connectivity index (χ4n) is 2.43. The van der Waals surface area contributed by atoms with E-state index in [-0.39, 0.29) is 5.95 Å². The summed E-state index contributed by atoms with van der Waals surface area (Å²) in [6.45, 7) is 1.28. The molecule has 0 spiro atoms. The van der Waals surface area contributed by atoms with Gasteiger partial charge in [-0.3, -0.25) is 4.90 Å². The number of hydrogen-bond donors (Lipinski definition) is 2. The smallest absolute Gasteiger partial charge is 0.232 e. The maximum atomic E-state index is 5.98. The Hall–Kier alpha value is -2.42. The number of nitrogens with zero attached hydrogens (tertiary/aromatic N) is 4. The van der Waals surface area contributed by atoms with E-state index in [1.807, 2.05) is 43.4 Å². The first kappa shape index (κ1) is 18.4. The van der Waals surface area contributed by atoms with Crippen LogP contribution in [-0.2, 0) is 13.1 Å². The standard InChI is InChI=1S/C17H19ClN6OS/c1-24(9-11-7-8-14(18)26-11)10-15-21-16(19)23-17(22-15)20-12-5-3-4-6-13(12)25-2/h3-8H,9-10H2,1-2H3,(H3,19,20,21,22,23). The highest BCUT2D eigenvalue weighted by Crippen LogP contribution is 2.26. The monoisotopic (exact) mass is 390 g/mol. The molecule has 0 fully saturated rings. The zero-order valence-electron chi connectivity index (χ0n) is 14.4. The third-order valence-electron chi connectivity index (χ3n) is 3.52. The molecule has 2 aromatic heterocycles. The number of hydrogen-bond acceptors (Lipinski definition) is 8. The van der Waals surface area contributed by atoms with E-state index in [0.717, 1.165) is 16.6 Å². The van der Waals surface area contributed by atoms with Crippen molar-refractivity contribution < 1.29 is 4.74 Å². The molecule has 0 atom stereocenters. The van der Waals surface area contributed by atoms with Gasteiger partial charge in [-0.05, 0) is 31.3 Å². The fraction of sp³-hybridized carbons (Fsp3) is 0.235. The molecular weight excluding hydrogens is 372 g/mol. The molecule has 7 nitrogen and oxygen atoms in total. The highest BCUT2D eigenvalue weighted by molar-refractivity contribution is 7.16. The number of nitrogens with two attached hydrogens (primary N) is 1. The molecule has 0 aliphatic rings. The van der Waals surface area contributed by atoms with Gasteiger partial charge >= 0.3 is 0 Å². The summed E-state index contributed by atoms with van der Waals surface area (Å²) < 4.78 is 6.11. The molecule has 9 heteroatoms. The lowest BCUT2D eigenvalue weighted by Crippen LogP contribution is -2.19. The number of nitrogens with one attached hydrogen (secondary N) is 1. The van der Waals surface area contributed by atoms with Crippen LogP contribution in [0.5, 0.6) is 5.75 Å². The van der Waals surface area contributed by atoms with Gasteiger partial charge in [0.05, 0.1) is 23.7 Å². The Morgan fingerprint density at radius 3 is 2.69 bits per heavy atom. The Bertz CT molecular complexity index is 887. The van der Waals surface area contributed by atoms with Crippen LogP contribution in [0.2, 0.25) is 4.34 Å². The molecule has 0 unspecified atom stereocenters. The van der Waals surface area contributed by atoms with Gasteiger partial charge in [0.15, 0.2) is 0 Å². The Morgan fingerprint density at radius 1 is 1.15 bits per heavy atom. The van der Waals surface area contributed by atoms with Crippen molar-refractivity contribution in [2.24, 2.45) is 0 Å². The number of methoxy groups -OCH3 is 1. The first-order valence-electron chi connectivity index (χ1n) is 7.86. The molecule has 3 aromatic rings. The molecule has 2 heterocycles. The van der Waals surface area contributed by atoms with Gasteiger partial charge in [-0.1, -0.05) is 23.7 Å². The lowest BCUT2D eigenvalue weighted by atomic mass is 10.3. The molecule has 0 saturated carbocycles. The number of aromatic nitrogens is 3. The Balaban J connectivity index is 1.72. The summed E-state index contributed by atoms with van der Waals surface area (Å²) in [6.07, 6.45) is 0. The summed E-state index contributed by atoms with van der Waals surface area (Å²) >= 11 is 7.54. The van der Waals surface area contributed by atoms with Gasteiger partial charge < -0.3 is 15.8 Å². The van der Waals surface area contributed by atoms with E-state index < -0.39 is 0 Å². The molecule has 1 aromatic carbocycles. The van der Waals surface area contributed by atoms with E-state index in [1.165, 1.54) is 4.88 Å². The quantitative estimate of drug-likeness (QED) is 0.637. The Morgan fingerprint density at radius 2 is 1.96 bits per heavy atom. The topological polar surface area (TPSA) is 89.2 Å². The zero-order valence-corrected chi connectivity index (χ0v) is 16.0. The number of rotatable bonds is 7. The molecule has 0 aliphatic heterocycles. The third-order valence-corrected chi connectivity index (χ3v) is 4.73. The molecule has 0 amide bonds. The van der Waals surface area contributed by atoms with Crippen molar-refractivity contribution in [1.29, 1.82) is 0 Å². The average molecular weight is 391 g/mol. The van der Waals surface area contributed by atoms with E-state index in [4.69, 9.17) is 22.1 Å². The second kappa shape index (κ2) is 8.31. The van der Waals surface area contributed by atoms with Crippen LogP contribution in [0, 0.1) is 0 Å². The first-order chi connectivity index (χ1) is 12.5. The molecule has 0 bridgehead atoms. The summed E-state index contributed by atoms with van der Waals surface area (Å²) in [5.74, 6) is 1.82. The second-order valence-corrected chi connectivity index (χ2v) is 7.44. The highest BCUT2D eigenvalue weighted by atomic mass is 35.5. The summed E-state index contributed by atoms with van der Waals surface area (Å²) in [5, 5.41) is 3.13. The summed E-state index contributed by atoms with van der Waals surface area (Å²) in [6, 6.07) is 11.4. The molecule has 3 N–H and O–H groups in total. The van der Waals surface area contributed by atoms with Gasteiger partial charge in [0.2, 0.25) is 11.9 Å². The Kier molecular flexibility index (Phi) is 5.87. The van der Waals surface area contributed by atoms with E-state index in [0.29, 0.717) is 24.1 Å². The van der Waals surface area contributed by atoms with Gasteiger partial charge in [0.1, 0.15) is 11.6 Å². The number of ether oxygens (including phenoxy) is 1. The van der Waals surface area contributed by atoms with Crippen LogP contribution in [0.4, 0.5) is 17.6 Å². The zero-order chi connectivity index (χ0) is 18.5. The minimum absolute atomic E-state index is 0.167. The minimum Gasteiger partial charge on any atom is -0.495 e. The predicted molar refractivity (Wildman–Crippen MR) is 105 cm³/mol. The van der Waals surface area contributed by atoms with Crippen molar-refractivity contribution in [3.05, 3.63) is 51.4 Å². The van der Waals surface area contributed by atoms with Gasteiger partial charge in [0.25, 0.3) is 0 Å². The molecule has 3 rings (SSSR count). The summed E-state index contributed by atoms with van der Waals surface area (Å²) in [5.41, 5.74) is 6.61. The number of anilines is 3. The molecular formula is C17H19ClN6OS. The van der Waals surface area contributed by atoms with E-state index in [9.17, 15) is 0 Å². The lowest BCUT2D eigenvalue weighted by molar-refractivity contribution is 0.313. The second-order valence-electron chi connectivity index (χ2n) is 5.64. The van der Waals surface area contributed by atoms with Crippen LogP contribution in [0.3, 0.4) is 0 Å². The normalized spacial score (nSPS) is 10.9. The maximum Gasteiger partial charge on any atom is 0.232 e. The Labute approximate surface area is 160 Å². The largest absolute Gasteiger partial charge is 0.495 e.